The number of likely N-dealkylation sites (tertiary alicyclic amines) is 1. The topological polar surface area (TPSA) is 83.7 Å². The quantitative estimate of drug-likeness (QED) is 0.830. The Hall–Kier alpha value is -1.41. The zero-order valence-corrected chi connectivity index (χ0v) is 14.2. The van der Waals surface area contributed by atoms with E-state index < -0.39 is 10.0 Å². The summed E-state index contributed by atoms with van der Waals surface area (Å²) in [4.78, 5) is 14.0. The molecular formula is C15H23N3O4S. The number of aromatic nitrogens is 1. The number of hydrogen-bond donors (Lipinski definition) is 0. The van der Waals surface area contributed by atoms with E-state index in [4.69, 9.17) is 4.52 Å². The predicted octanol–water partition coefficient (Wildman–Crippen LogP) is 1.40. The minimum atomic E-state index is -3.24. The van der Waals surface area contributed by atoms with E-state index in [0.29, 0.717) is 44.7 Å². The van der Waals surface area contributed by atoms with Crippen molar-refractivity contribution in [3.63, 3.8) is 0 Å². The molecule has 3 heterocycles. The summed E-state index contributed by atoms with van der Waals surface area (Å²) in [6.45, 7) is 3.92. The zero-order valence-electron chi connectivity index (χ0n) is 13.4. The van der Waals surface area contributed by atoms with Gasteiger partial charge in [0.15, 0.2) is 0 Å². The van der Waals surface area contributed by atoms with E-state index in [1.807, 2.05) is 0 Å². The first-order chi connectivity index (χ1) is 11.0. The molecule has 0 radical (unpaired) electrons. The molecule has 0 bridgehead atoms. The Balaban J connectivity index is 1.60. The molecule has 128 valence electrons. The second kappa shape index (κ2) is 6.60. The first-order valence-electron chi connectivity index (χ1n) is 8.20. The fraction of sp³-hybridized carbons (Fsp3) is 0.733. The summed E-state index contributed by atoms with van der Waals surface area (Å²) < 4.78 is 32.0. The van der Waals surface area contributed by atoms with Gasteiger partial charge in [0.1, 0.15) is 0 Å². The van der Waals surface area contributed by atoms with Gasteiger partial charge in [0.2, 0.25) is 15.8 Å². The van der Waals surface area contributed by atoms with Crippen LogP contribution in [0.2, 0.25) is 0 Å². The lowest BCUT2D eigenvalue weighted by molar-refractivity contribution is 0.0682. The fourth-order valence-corrected chi connectivity index (χ4v) is 5.30. The number of nitrogens with zero attached hydrogens (tertiary/aromatic N) is 3. The van der Waals surface area contributed by atoms with Crippen LogP contribution in [0.5, 0.6) is 0 Å². The number of aryl methyl sites for hydroxylation is 1. The van der Waals surface area contributed by atoms with Crippen molar-refractivity contribution >= 4 is 15.9 Å². The SMILES string of the molecule is Cc1cc(C(=O)N2CCC(S(=O)(=O)N3CCCCC3)CC2)on1. The molecule has 23 heavy (non-hydrogen) atoms. The van der Waals surface area contributed by atoms with Crippen molar-refractivity contribution < 1.29 is 17.7 Å². The van der Waals surface area contributed by atoms with Crippen molar-refractivity contribution in [2.75, 3.05) is 26.2 Å². The second-order valence-corrected chi connectivity index (χ2v) is 8.54. The van der Waals surface area contributed by atoms with Crippen LogP contribution in [0.15, 0.2) is 10.6 Å². The van der Waals surface area contributed by atoms with Gasteiger partial charge in [-0.2, -0.15) is 0 Å². The van der Waals surface area contributed by atoms with E-state index >= 15 is 0 Å². The van der Waals surface area contributed by atoms with E-state index in [1.54, 1.807) is 22.2 Å². The Morgan fingerprint density at radius 3 is 2.39 bits per heavy atom. The van der Waals surface area contributed by atoms with Gasteiger partial charge in [0.05, 0.1) is 10.9 Å². The van der Waals surface area contributed by atoms with Crippen LogP contribution in [0.3, 0.4) is 0 Å². The van der Waals surface area contributed by atoms with Crippen LogP contribution in [-0.4, -0.2) is 60.1 Å². The summed E-state index contributed by atoms with van der Waals surface area (Å²) in [5.74, 6) is 0.0132. The highest BCUT2D eigenvalue weighted by Crippen LogP contribution is 2.24. The van der Waals surface area contributed by atoms with Gasteiger partial charge < -0.3 is 9.42 Å². The third-order valence-electron chi connectivity index (χ3n) is 4.66. The summed E-state index contributed by atoms with van der Waals surface area (Å²) in [6.07, 6.45) is 3.97. The molecular weight excluding hydrogens is 318 g/mol. The molecule has 3 rings (SSSR count). The van der Waals surface area contributed by atoms with Gasteiger partial charge in [-0.15, -0.1) is 0 Å². The third kappa shape index (κ3) is 3.42. The highest BCUT2D eigenvalue weighted by molar-refractivity contribution is 7.89. The lowest BCUT2D eigenvalue weighted by atomic mass is 10.1. The number of piperidine rings is 2. The van der Waals surface area contributed by atoms with Crippen molar-refractivity contribution in [2.45, 2.75) is 44.3 Å². The summed E-state index contributed by atoms with van der Waals surface area (Å²) in [6, 6.07) is 1.61. The second-order valence-electron chi connectivity index (χ2n) is 6.33. The summed E-state index contributed by atoms with van der Waals surface area (Å²) in [7, 11) is -3.24. The zero-order chi connectivity index (χ0) is 16.4. The minimum Gasteiger partial charge on any atom is -0.351 e. The maximum atomic E-state index is 12.7. The molecule has 0 N–H and O–H groups in total. The van der Waals surface area contributed by atoms with Crippen molar-refractivity contribution in [1.29, 1.82) is 0 Å². The van der Waals surface area contributed by atoms with Crippen LogP contribution in [0.4, 0.5) is 0 Å². The average molecular weight is 341 g/mol. The Labute approximate surface area is 136 Å². The molecule has 0 spiro atoms. The summed E-state index contributed by atoms with van der Waals surface area (Å²) in [5, 5.41) is 3.35. The number of carbonyl (C=O) groups is 1. The van der Waals surface area contributed by atoms with Gasteiger partial charge in [-0.3, -0.25) is 4.79 Å². The molecule has 2 saturated heterocycles. The first kappa shape index (κ1) is 16.4. The van der Waals surface area contributed by atoms with Crippen LogP contribution in [0.25, 0.3) is 0 Å². The van der Waals surface area contributed by atoms with Crippen molar-refractivity contribution in [3.05, 3.63) is 17.5 Å². The molecule has 8 heteroatoms. The fourth-order valence-electron chi connectivity index (χ4n) is 3.31. The van der Waals surface area contributed by atoms with Crippen LogP contribution < -0.4 is 0 Å². The maximum Gasteiger partial charge on any atom is 0.292 e. The monoisotopic (exact) mass is 341 g/mol. The molecule has 0 unspecified atom stereocenters. The van der Waals surface area contributed by atoms with Gasteiger partial charge >= 0.3 is 0 Å². The van der Waals surface area contributed by atoms with E-state index in [2.05, 4.69) is 5.16 Å². The van der Waals surface area contributed by atoms with Gasteiger partial charge in [-0.05, 0) is 32.6 Å². The molecule has 2 fully saturated rings. The van der Waals surface area contributed by atoms with E-state index in [-0.39, 0.29) is 16.9 Å². The molecule has 0 saturated carbocycles. The van der Waals surface area contributed by atoms with Crippen molar-refractivity contribution in [1.82, 2.24) is 14.4 Å². The lowest BCUT2D eigenvalue weighted by Crippen LogP contribution is -2.48. The van der Waals surface area contributed by atoms with E-state index in [0.717, 1.165) is 19.3 Å². The Bertz CT molecular complexity index is 656. The Morgan fingerprint density at radius 2 is 1.83 bits per heavy atom. The number of amides is 1. The molecule has 1 aromatic rings. The first-order valence-corrected chi connectivity index (χ1v) is 9.70. The van der Waals surface area contributed by atoms with Gasteiger partial charge in [-0.1, -0.05) is 11.6 Å². The minimum absolute atomic E-state index is 0.209. The summed E-state index contributed by atoms with van der Waals surface area (Å²) >= 11 is 0. The van der Waals surface area contributed by atoms with Crippen LogP contribution in [0, 0.1) is 6.92 Å². The molecule has 2 aliphatic rings. The number of rotatable bonds is 3. The number of carbonyl (C=O) groups excluding carboxylic acids is 1. The van der Waals surface area contributed by atoms with E-state index in [9.17, 15) is 13.2 Å². The van der Waals surface area contributed by atoms with E-state index in [1.165, 1.54) is 0 Å². The van der Waals surface area contributed by atoms with Gasteiger partial charge in [-0.25, -0.2) is 12.7 Å². The smallest absolute Gasteiger partial charge is 0.292 e. The Morgan fingerprint density at radius 1 is 1.17 bits per heavy atom. The standard InChI is InChI=1S/C15H23N3O4S/c1-12-11-14(22-16-12)15(19)17-9-5-13(6-10-17)23(20,21)18-7-3-2-4-8-18/h11,13H,2-10H2,1H3. The summed E-state index contributed by atoms with van der Waals surface area (Å²) in [5.41, 5.74) is 0.663. The van der Waals surface area contributed by atoms with Crippen LogP contribution in [0.1, 0.15) is 48.4 Å². The van der Waals surface area contributed by atoms with Crippen molar-refractivity contribution in [2.24, 2.45) is 0 Å². The molecule has 0 aromatic carbocycles. The normalized spacial score (nSPS) is 21.5. The van der Waals surface area contributed by atoms with Crippen molar-refractivity contribution in [3.8, 4) is 0 Å². The highest BCUT2D eigenvalue weighted by atomic mass is 32.2. The number of hydrogen-bond acceptors (Lipinski definition) is 5. The van der Waals surface area contributed by atoms with Crippen LogP contribution >= 0.6 is 0 Å². The molecule has 1 aromatic heterocycles. The molecule has 0 aliphatic carbocycles. The third-order valence-corrected chi connectivity index (χ3v) is 7.06. The predicted molar refractivity (Wildman–Crippen MR) is 84.5 cm³/mol. The Kier molecular flexibility index (Phi) is 4.72. The lowest BCUT2D eigenvalue weighted by Gasteiger charge is -2.35. The number of sulfonamides is 1. The van der Waals surface area contributed by atoms with Crippen LogP contribution in [-0.2, 0) is 10.0 Å². The largest absolute Gasteiger partial charge is 0.351 e. The highest BCUT2D eigenvalue weighted by Gasteiger charge is 2.36. The molecule has 2 aliphatic heterocycles. The van der Waals surface area contributed by atoms with Gasteiger partial charge in [0, 0.05) is 32.2 Å². The average Bonchev–Trinajstić information content (AvgIpc) is 3.01. The van der Waals surface area contributed by atoms with Gasteiger partial charge in [0.25, 0.3) is 5.91 Å². The maximum absolute atomic E-state index is 12.7. The molecule has 7 nitrogen and oxygen atoms in total. The molecule has 0 atom stereocenters. The molecule has 1 amide bonds.